The lowest BCUT2D eigenvalue weighted by atomic mass is 10.2. The average molecular weight is 441 g/mol. The van der Waals surface area contributed by atoms with Crippen LogP contribution in [0.15, 0.2) is 29.3 Å². The van der Waals surface area contributed by atoms with Crippen LogP contribution in [-0.2, 0) is 11.3 Å². The molecule has 0 atom stereocenters. The Kier molecular flexibility index (Phi) is 5.77. The van der Waals surface area contributed by atoms with Gasteiger partial charge in [0.05, 0.1) is 22.3 Å². The Hall–Kier alpha value is -3.20. The highest BCUT2D eigenvalue weighted by atomic mass is 32.1. The van der Waals surface area contributed by atoms with Crippen molar-refractivity contribution in [3.8, 4) is 5.75 Å². The van der Waals surface area contributed by atoms with Crippen molar-refractivity contribution in [2.45, 2.75) is 39.7 Å². The van der Waals surface area contributed by atoms with Crippen LogP contribution in [0.5, 0.6) is 5.75 Å². The molecule has 8 nitrogen and oxygen atoms in total. The first kappa shape index (κ1) is 21.0. The molecule has 1 aromatic carbocycles. The van der Waals surface area contributed by atoms with Gasteiger partial charge in [0, 0.05) is 19.3 Å². The Bertz CT molecular complexity index is 1230. The standard InChI is InChI=1S/C22H24N4O4S/c1-4-5-6-9-26-12-23-21-18(22(26)29)13(2)19(31-21)20(28)24-14-7-8-16-15(10-14)25(3)17(27)11-30-16/h7-8,10,12H,4-6,9,11H2,1-3H3,(H,24,28). The third-order valence-electron chi connectivity index (χ3n) is 5.43. The van der Waals surface area contributed by atoms with Crippen molar-refractivity contribution in [3.05, 3.63) is 45.3 Å². The molecule has 0 saturated heterocycles. The Labute approximate surface area is 183 Å². The summed E-state index contributed by atoms with van der Waals surface area (Å²) in [5.74, 6) is 0.117. The van der Waals surface area contributed by atoms with Crippen molar-refractivity contribution in [1.29, 1.82) is 0 Å². The number of hydrogen-bond acceptors (Lipinski definition) is 6. The van der Waals surface area contributed by atoms with Crippen LogP contribution >= 0.6 is 11.3 Å². The summed E-state index contributed by atoms with van der Waals surface area (Å²) in [4.78, 5) is 44.7. The highest BCUT2D eigenvalue weighted by molar-refractivity contribution is 7.20. The number of thiophene rings is 1. The van der Waals surface area contributed by atoms with Crippen molar-refractivity contribution in [1.82, 2.24) is 9.55 Å². The minimum absolute atomic E-state index is 0.000835. The largest absolute Gasteiger partial charge is 0.482 e. The fourth-order valence-electron chi connectivity index (χ4n) is 3.61. The summed E-state index contributed by atoms with van der Waals surface area (Å²) < 4.78 is 7.04. The number of anilines is 2. The van der Waals surface area contributed by atoms with E-state index in [-0.39, 0.29) is 24.0 Å². The number of ether oxygens (including phenoxy) is 1. The zero-order valence-corrected chi connectivity index (χ0v) is 18.5. The van der Waals surface area contributed by atoms with E-state index in [1.807, 2.05) is 0 Å². The number of hydrogen-bond donors (Lipinski definition) is 1. The van der Waals surface area contributed by atoms with E-state index in [1.165, 1.54) is 16.2 Å². The normalized spacial score (nSPS) is 13.3. The summed E-state index contributed by atoms with van der Waals surface area (Å²) in [5.41, 5.74) is 1.66. The van der Waals surface area contributed by atoms with Gasteiger partial charge >= 0.3 is 0 Å². The van der Waals surface area contributed by atoms with Crippen LogP contribution in [0.2, 0.25) is 0 Å². The maximum absolute atomic E-state index is 13.0. The number of rotatable bonds is 6. The SMILES string of the molecule is CCCCCn1cnc2sc(C(=O)Nc3ccc4c(c3)N(C)C(=O)CO4)c(C)c2c1=O. The third kappa shape index (κ3) is 3.93. The van der Waals surface area contributed by atoms with Crippen LogP contribution in [0, 0.1) is 6.92 Å². The van der Waals surface area contributed by atoms with E-state index < -0.39 is 0 Å². The Balaban J connectivity index is 1.61. The molecule has 0 unspecified atom stereocenters. The number of carbonyl (C=O) groups is 2. The molecule has 0 aliphatic carbocycles. The number of nitrogens with one attached hydrogen (secondary N) is 1. The lowest BCUT2D eigenvalue weighted by Gasteiger charge is -2.26. The highest BCUT2D eigenvalue weighted by Crippen LogP contribution is 2.34. The average Bonchev–Trinajstić information content (AvgIpc) is 3.10. The molecule has 1 aliphatic rings. The number of aryl methyl sites for hydroxylation is 2. The van der Waals surface area contributed by atoms with Gasteiger partial charge in [-0.1, -0.05) is 19.8 Å². The number of likely N-dealkylation sites (N-methyl/N-ethyl adjacent to an activating group) is 1. The summed E-state index contributed by atoms with van der Waals surface area (Å²) >= 11 is 1.21. The minimum atomic E-state index is -0.317. The van der Waals surface area contributed by atoms with Gasteiger partial charge in [0.1, 0.15) is 10.6 Å². The molecule has 2 amide bonds. The second-order valence-corrected chi connectivity index (χ2v) is 8.56. The number of unbranched alkanes of at least 4 members (excludes halogenated alkanes) is 2. The lowest BCUT2D eigenvalue weighted by molar-refractivity contribution is -0.120. The monoisotopic (exact) mass is 440 g/mol. The van der Waals surface area contributed by atoms with Gasteiger partial charge in [-0.3, -0.25) is 19.0 Å². The molecule has 0 saturated carbocycles. The molecule has 162 valence electrons. The molecule has 31 heavy (non-hydrogen) atoms. The highest BCUT2D eigenvalue weighted by Gasteiger charge is 2.24. The van der Waals surface area contributed by atoms with E-state index >= 15 is 0 Å². The summed E-state index contributed by atoms with van der Waals surface area (Å²) in [5, 5.41) is 3.36. The first-order chi connectivity index (χ1) is 14.9. The number of benzene rings is 1. The second kappa shape index (κ2) is 8.50. The zero-order valence-electron chi connectivity index (χ0n) is 17.7. The Morgan fingerprint density at radius 3 is 2.87 bits per heavy atom. The van der Waals surface area contributed by atoms with E-state index in [0.29, 0.717) is 44.3 Å². The molecule has 0 bridgehead atoms. The molecule has 0 spiro atoms. The molecule has 9 heteroatoms. The van der Waals surface area contributed by atoms with Gasteiger partial charge in [-0.25, -0.2) is 4.98 Å². The van der Waals surface area contributed by atoms with Crippen LogP contribution in [0.25, 0.3) is 10.2 Å². The molecule has 0 radical (unpaired) electrons. The van der Waals surface area contributed by atoms with E-state index in [2.05, 4.69) is 17.2 Å². The predicted octanol–water partition coefficient (Wildman–Crippen LogP) is 3.56. The molecule has 3 heterocycles. The molecular formula is C22H24N4O4S. The molecule has 1 aliphatic heterocycles. The second-order valence-electron chi connectivity index (χ2n) is 7.56. The number of nitrogens with zero attached hydrogens (tertiary/aromatic N) is 3. The third-order valence-corrected chi connectivity index (χ3v) is 6.63. The van der Waals surface area contributed by atoms with Crippen molar-refractivity contribution in [2.75, 3.05) is 23.9 Å². The summed E-state index contributed by atoms with van der Waals surface area (Å²) in [6.45, 7) is 4.51. The lowest BCUT2D eigenvalue weighted by Crippen LogP contribution is -2.35. The fourth-order valence-corrected chi connectivity index (χ4v) is 4.64. The first-order valence-electron chi connectivity index (χ1n) is 10.2. The summed E-state index contributed by atoms with van der Waals surface area (Å²) in [7, 11) is 1.67. The summed E-state index contributed by atoms with van der Waals surface area (Å²) in [6.07, 6.45) is 4.60. The van der Waals surface area contributed by atoms with E-state index in [0.717, 1.165) is 19.3 Å². The van der Waals surface area contributed by atoms with Crippen LogP contribution < -0.4 is 20.5 Å². The number of carbonyl (C=O) groups excluding carboxylic acids is 2. The zero-order chi connectivity index (χ0) is 22.1. The molecule has 1 N–H and O–H groups in total. The van der Waals surface area contributed by atoms with Crippen molar-refractivity contribution < 1.29 is 14.3 Å². The van der Waals surface area contributed by atoms with Gasteiger partial charge in [-0.2, -0.15) is 0 Å². The van der Waals surface area contributed by atoms with Gasteiger partial charge in [-0.05, 0) is 37.1 Å². The molecule has 3 aromatic rings. The van der Waals surface area contributed by atoms with Crippen LogP contribution in [-0.4, -0.2) is 35.0 Å². The Morgan fingerprint density at radius 1 is 1.29 bits per heavy atom. The van der Waals surface area contributed by atoms with Crippen molar-refractivity contribution >= 4 is 44.7 Å². The van der Waals surface area contributed by atoms with Crippen LogP contribution in [0.3, 0.4) is 0 Å². The molecular weight excluding hydrogens is 416 g/mol. The smallest absolute Gasteiger partial charge is 0.266 e. The molecule has 4 rings (SSSR count). The van der Waals surface area contributed by atoms with Gasteiger partial charge in [0.15, 0.2) is 6.61 Å². The van der Waals surface area contributed by atoms with Gasteiger partial charge in [-0.15, -0.1) is 11.3 Å². The van der Waals surface area contributed by atoms with Gasteiger partial charge < -0.3 is 15.0 Å². The summed E-state index contributed by atoms with van der Waals surface area (Å²) in [6, 6.07) is 5.15. The number of amides is 2. The van der Waals surface area contributed by atoms with E-state index in [1.54, 1.807) is 43.1 Å². The van der Waals surface area contributed by atoms with Gasteiger partial charge in [0.2, 0.25) is 0 Å². The predicted molar refractivity (Wildman–Crippen MR) is 121 cm³/mol. The van der Waals surface area contributed by atoms with Crippen LogP contribution in [0.4, 0.5) is 11.4 Å². The maximum atomic E-state index is 13.0. The molecule has 2 aromatic heterocycles. The Morgan fingerprint density at radius 2 is 2.10 bits per heavy atom. The van der Waals surface area contributed by atoms with E-state index in [9.17, 15) is 14.4 Å². The molecule has 0 fully saturated rings. The van der Waals surface area contributed by atoms with E-state index in [4.69, 9.17) is 4.74 Å². The first-order valence-corrected chi connectivity index (χ1v) is 11.1. The minimum Gasteiger partial charge on any atom is -0.482 e. The maximum Gasteiger partial charge on any atom is 0.266 e. The number of fused-ring (bicyclic) bond motifs is 2. The topological polar surface area (TPSA) is 93.5 Å². The fraction of sp³-hybridized carbons (Fsp3) is 0.364. The van der Waals surface area contributed by atoms with Crippen molar-refractivity contribution in [3.63, 3.8) is 0 Å². The van der Waals surface area contributed by atoms with Crippen molar-refractivity contribution in [2.24, 2.45) is 0 Å². The van der Waals surface area contributed by atoms with Gasteiger partial charge in [0.25, 0.3) is 17.4 Å². The van der Waals surface area contributed by atoms with Crippen LogP contribution in [0.1, 0.15) is 41.4 Å². The quantitative estimate of drug-likeness (QED) is 0.592. The number of aromatic nitrogens is 2.